The van der Waals surface area contributed by atoms with Gasteiger partial charge in [0, 0.05) is 13.2 Å². The van der Waals surface area contributed by atoms with E-state index in [-0.39, 0.29) is 11.5 Å². The minimum atomic E-state index is -4.40. The van der Waals surface area contributed by atoms with Crippen LogP contribution in [0.1, 0.15) is 11.3 Å². The summed E-state index contributed by atoms with van der Waals surface area (Å²) in [4.78, 5) is 4.00. The Labute approximate surface area is 117 Å². The molecule has 0 radical (unpaired) electrons. The van der Waals surface area contributed by atoms with E-state index in [0.29, 0.717) is 12.1 Å². The van der Waals surface area contributed by atoms with Crippen LogP contribution in [0.2, 0.25) is 0 Å². The van der Waals surface area contributed by atoms with Gasteiger partial charge in [-0.2, -0.15) is 18.3 Å². The predicted molar refractivity (Wildman–Crippen MR) is 71.5 cm³/mol. The van der Waals surface area contributed by atoms with Crippen molar-refractivity contribution in [3.05, 3.63) is 41.7 Å². The van der Waals surface area contributed by atoms with Gasteiger partial charge in [-0.1, -0.05) is 0 Å². The summed E-state index contributed by atoms with van der Waals surface area (Å²) in [5.41, 5.74) is 6.59. The molecular weight excluding hydrogens is 283 g/mol. The van der Waals surface area contributed by atoms with E-state index < -0.39 is 11.7 Å². The lowest BCUT2D eigenvalue weighted by molar-refractivity contribution is -0.137. The van der Waals surface area contributed by atoms with Gasteiger partial charge in [0.05, 0.1) is 28.8 Å². The Morgan fingerprint density at radius 2 is 2.00 bits per heavy atom. The molecule has 3 rings (SSSR count). The molecule has 110 valence electrons. The maximum atomic E-state index is 12.7. The van der Waals surface area contributed by atoms with Gasteiger partial charge in [-0.15, -0.1) is 0 Å². The quantitative estimate of drug-likeness (QED) is 0.789. The van der Waals surface area contributed by atoms with Gasteiger partial charge in [0.15, 0.2) is 0 Å². The van der Waals surface area contributed by atoms with Gasteiger partial charge in [-0.3, -0.25) is 4.68 Å². The number of rotatable bonds is 2. The van der Waals surface area contributed by atoms with E-state index in [2.05, 4.69) is 10.1 Å². The summed E-state index contributed by atoms with van der Waals surface area (Å²) in [6, 6.07) is 5.22. The molecule has 2 heterocycles. The van der Waals surface area contributed by atoms with E-state index >= 15 is 0 Å². The minimum Gasteiger partial charge on any atom is -0.369 e. The Morgan fingerprint density at radius 1 is 1.24 bits per heavy atom. The van der Waals surface area contributed by atoms with Gasteiger partial charge >= 0.3 is 6.18 Å². The molecule has 1 aromatic carbocycles. The highest BCUT2D eigenvalue weighted by Gasteiger charge is 2.31. The molecule has 2 aromatic heterocycles. The maximum absolute atomic E-state index is 12.7. The third-order valence-electron chi connectivity index (χ3n) is 3.19. The largest absolute Gasteiger partial charge is 0.416 e. The Bertz CT molecular complexity index is 800. The van der Waals surface area contributed by atoms with Crippen LogP contribution in [-0.2, 0) is 19.8 Å². The van der Waals surface area contributed by atoms with Gasteiger partial charge in [0.2, 0.25) is 5.95 Å². The van der Waals surface area contributed by atoms with Crippen LogP contribution < -0.4 is 5.73 Å². The van der Waals surface area contributed by atoms with Crippen LogP contribution in [0.15, 0.2) is 30.5 Å². The second-order valence-electron chi connectivity index (χ2n) is 4.74. The topological polar surface area (TPSA) is 61.7 Å². The van der Waals surface area contributed by atoms with Crippen molar-refractivity contribution in [3.8, 4) is 0 Å². The lowest BCUT2D eigenvalue weighted by Gasteiger charge is -2.07. The highest BCUT2D eigenvalue weighted by molar-refractivity contribution is 5.79. The van der Waals surface area contributed by atoms with Crippen molar-refractivity contribution in [2.75, 3.05) is 5.73 Å². The summed E-state index contributed by atoms with van der Waals surface area (Å²) in [5, 5.41) is 4.22. The van der Waals surface area contributed by atoms with E-state index in [9.17, 15) is 13.2 Å². The Balaban J connectivity index is 2.05. The standard InChI is InChI=1S/C13H12F3N5/c1-20-5-4-9(19-20)7-21-11-3-2-8(13(14,15)16)6-10(11)18-12(21)17/h2-6H,7H2,1H3,(H2,17,18). The molecule has 0 aliphatic rings. The van der Waals surface area contributed by atoms with Gasteiger partial charge in [-0.05, 0) is 24.3 Å². The van der Waals surface area contributed by atoms with Crippen molar-refractivity contribution in [1.82, 2.24) is 19.3 Å². The average Bonchev–Trinajstić information content (AvgIpc) is 2.93. The van der Waals surface area contributed by atoms with Crippen LogP contribution in [0.25, 0.3) is 11.0 Å². The number of hydrogen-bond donors (Lipinski definition) is 1. The maximum Gasteiger partial charge on any atom is 0.416 e. The first kappa shape index (κ1) is 13.5. The number of benzene rings is 1. The molecular formula is C13H12F3N5. The molecule has 0 spiro atoms. The fourth-order valence-corrected chi connectivity index (χ4v) is 2.20. The third-order valence-corrected chi connectivity index (χ3v) is 3.19. The van der Waals surface area contributed by atoms with E-state index in [1.165, 1.54) is 6.07 Å². The number of aromatic nitrogens is 4. The molecule has 0 unspecified atom stereocenters. The number of anilines is 1. The SMILES string of the molecule is Cn1ccc(Cn2c(N)nc3cc(C(F)(F)F)ccc32)n1. The number of fused-ring (bicyclic) bond motifs is 1. The molecule has 0 atom stereocenters. The molecule has 0 fully saturated rings. The zero-order chi connectivity index (χ0) is 15.2. The monoisotopic (exact) mass is 295 g/mol. The molecule has 8 heteroatoms. The van der Waals surface area contributed by atoms with Crippen LogP contribution in [0.4, 0.5) is 19.1 Å². The summed E-state index contributed by atoms with van der Waals surface area (Å²) < 4.78 is 41.4. The van der Waals surface area contributed by atoms with Crippen molar-refractivity contribution >= 4 is 17.0 Å². The molecule has 0 saturated heterocycles. The lowest BCUT2D eigenvalue weighted by atomic mass is 10.2. The van der Waals surface area contributed by atoms with Gasteiger partial charge in [0.1, 0.15) is 0 Å². The van der Waals surface area contributed by atoms with Crippen LogP contribution in [0, 0.1) is 0 Å². The first-order valence-corrected chi connectivity index (χ1v) is 6.16. The summed E-state index contributed by atoms with van der Waals surface area (Å²) >= 11 is 0. The third kappa shape index (κ3) is 2.44. The van der Waals surface area contributed by atoms with Crippen molar-refractivity contribution in [1.29, 1.82) is 0 Å². The van der Waals surface area contributed by atoms with Crippen molar-refractivity contribution in [3.63, 3.8) is 0 Å². The number of nitrogens with zero attached hydrogens (tertiary/aromatic N) is 4. The first-order chi connectivity index (χ1) is 9.84. The number of nitrogen functional groups attached to an aromatic ring is 1. The molecule has 0 bridgehead atoms. The summed E-state index contributed by atoms with van der Waals surface area (Å²) in [6.07, 6.45) is -2.61. The number of halogens is 3. The highest BCUT2D eigenvalue weighted by atomic mass is 19.4. The predicted octanol–water partition coefficient (Wildman–Crippen LogP) is 2.42. The van der Waals surface area contributed by atoms with Crippen molar-refractivity contribution < 1.29 is 13.2 Å². The van der Waals surface area contributed by atoms with E-state index in [4.69, 9.17) is 5.73 Å². The van der Waals surface area contributed by atoms with Gasteiger partial charge < -0.3 is 10.3 Å². The smallest absolute Gasteiger partial charge is 0.369 e. The van der Waals surface area contributed by atoms with Crippen LogP contribution in [-0.4, -0.2) is 19.3 Å². The van der Waals surface area contributed by atoms with Crippen LogP contribution in [0.3, 0.4) is 0 Å². The molecule has 0 aliphatic heterocycles. The van der Waals surface area contributed by atoms with Gasteiger partial charge in [-0.25, -0.2) is 4.98 Å². The van der Waals surface area contributed by atoms with Crippen LogP contribution >= 0.6 is 0 Å². The van der Waals surface area contributed by atoms with E-state index in [0.717, 1.165) is 17.8 Å². The average molecular weight is 295 g/mol. The lowest BCUT2D eigenvalue weighted by Crippen LogP contribution is -2.06. The fraction of sp³-hybridized carbons (Fsp3) is 0.231. The van der Waals surface area contributed by atoms with Crippen LogP contribution in [0.5, 0.6) is 0 Å². The molecule has 5 nitrogen and oxygen atoms in total. The number of imidazole rings is 1. The van der Waals surface area contributed by atoms with Gasteiger partial charge in [0.25, 0.3) is 0 Å². The molecule has 2 N–H and O–H groups in total. The molecule has 0 saturated carbocycles. The number of alkyl halides is 3. The summed E-state index contributed by atoms with van der Waals surface area (Å²) in [6.45, 7) is 0.356. The zero-order valence-corrected chi connectivity index (χ0v) is 11.1. The Morgan fingerprint density at radius 3 is 2.62 bits per heavy atom. The normalized spacial score (nSPS) is 12.2. The minimum absolute atomic E-state index is 0.162. The Hall–Kier alpha value is -2.51. The van der Waals surface area contributed by atoms with Crippen molar-refractivity contribution in [2.45, 2.75) is 12.7 Å². The molecule has 0 aliphatic carbocycles. The molecule has 3 aromatic rings. The van der Waals surface area contributed by atoms with E-state index in [1.54, 1.807) is 22.5 Å². The fourth-order valence-electron chi connectivity index (χ4n) is 2.20. The molecule has 0 amide bonds. The second-order valence-corrected chi connectivity index (χ2v) is 4.74. The Kier molecular flexibility index (Phi) is 2.89. The number of nitrogens with two attached hydrogens (primary N) is 1. The number of hydrogen-bond acceptors (Lipinski definition) is 3. The zero-order valence-electron chi connectivity index (χ0n) is 11.1. The molecule has 21 heavy (non-hydrogen) atoms. The summed E-state index contributed by atoms with van der Waals surface area (Å²) in [5.74, 6) is 0.162. The number of aryl methyl sites for hydroxylation is 1. The van der Waals surface area contributed by atoms with Crippen molar-refractivity contribution in [2.24, 2.45) is 7.05 Å². The second kappa shape index (κ2) is 4.51. The van der Waals surface area contributed by atoms with E-state index in [1.807, 2.05) is 6.07 Å². The first-order valence-electron chi connectivity index (χ1n) is 6.16. The highest BCUT2D eigenvalue weighted by Crippen LogP contribution is 2.31. The summed E-state index contributed by atoms with van der Waals surface area (Å²) in [7, 11) is 1.79.